The van der Waals surface area contributed by atoms with Gasteiger partial charge >= 0.3 is 0 Å². The molecule has 1 aliphatic rings. The van der Waals surface area contributed by atoms with Crippen LogP contribution >= 0.6 is 0 Å². The van der Waals surface area contributed by atoms with E-state index >= 15 is 0 Å². The Bertz CT molecular complexity index is 416. The molecular weight excluding hydrogens is 282 g/mol. The number of carbonyl (C=O) groups is 1. The smallest absolute Gasteiger partial charge is 0.282 e. The van der Waals surface area contributed by atoms with Gasteiger partial charge in [0.25, 0.3) is 10.2 Å². The number of amides is 1. The number of nitrogens with zero attached hydrogens (tertiary/aromatic N) is 2. The van der Waals surface area contributed by atoms with Crippen molar-refractivity contribution in [3.05, 3.63) is 0 Å². The lowest BCUT2D eigenvalue weighted by atomic mass is 9.94. The molecule has 2 unspecified atom stereocenters. The topological polar surface area (TPSA) is 92.9 Å². The summed E-state index contributed by atoms with van der Waals surface area (Å²) in [6.07, 6.45) is 1.01. The first-order valence-corrected chi connectivity index (χ1v) is 8.19. The van der Waals surface area contributed by atoms with Crippen LogP contribution in [-0.4, -0.2) is 62.8 Å². The summed E-state index contributed by atoms with van der Waals surface area (Å²) in [6.45, 7) is 5.07. The Morgan fingerprint density at radius 2 is 1.90 bits per heavy atom. The SMILES string of the molecule is COCCN(CC(N)=O)S(=O)(=O)N1CC(C)CC(C)C1. The van der Waals surface area contributed by atoms with Gasteiger partial charge in [-0.15, -0.1) is 0 Å². The highest BCUT2D eigenvalue weighted by Crippen LogP contribution is 2.24. The third-order valence-electron chi connectivity index (χ3n) is 3.36. The van der Waals surface area contributed by atoms with Crippen molar-refractivity contribution in [3.8, 4) is 0 Å². The predicted molar refractivity (Wildman–Crippen MR) is 76.1 cm³/mol. The van der Waals surface area contributed by atoms with Gasteiger partial charge in [0.2, 0.25) is 5.91 Å². The van der Waals surface area contributed by atoms with Crippen molar-refractivity contribution >= 4 is 16.1 Å². The van der Waals surface area contributed by atoms with Gasteiger partial charge in [0.05, 0.1) is 13.2 Å². The van der Waals surface area contributed by atoms with E-state index in [1.54, 1.807) is 0 Å². The zero-order chi connectivity index (χ0) is 15.3. The lowest BCUT2D eigenvalue weighted by molar-refractivity contribution is -0.118. The zero-order valence-corrected chi connectivity index (χ0v) is 13.2. The van der Waals surface area contributed by atoms with Crippen LogP contribution in [0.2, 0.25) is 0 Å². The summed E-state index contributed by atoms with van der Waals surface area (Å²) in [5.74, 6) is -0.0412. The fourth-order valence-corrected chi connectivity index (χ4v) is 4.41. The number of hydrogen-bond donors (Lipinski definition) is 1. The van der Waals surface area contributed by atoms with Gasteiger partial charge in [0, 0.05) is 26.7 Å². The van der Waals surface area contributed by atoms with Gasteiger partial charge in [-0.1, -0.05) is 13.8 Å². The average Bonchev–Trinajstić information content (AvgIpc) is 2.32. The van der Waals surface area contributed by atoms with E-state index in [1.165, 1.54) is 11.4 Å². The standard InChI is InChI=1S/C12H25N3O4S/c1-10-6-11(2)8-15(7-10)20(17,18)14(4-5-19-3)9-12(13)16/h10-11H,4-9H2,1-3H3,(H2,13,16). The van der Waals surface area contributed by atoms with Crippen LogP contribution in [0.15, 0.2) is 0 Å². The summed E-state index contributed by atoms with van der Waals surface area (Å²) in [5, 5.41) is 0. The fraction of sp³-hybridized carbons (Fsp3) is 0.917. The van der Waals surface area contributed by atoms with Crippen LogP contribution in [0.4, 0.5) is 0 Å². The average molecular weight is 307 g/mol. The molecule has 1 amide bonds. The summed E-state index contributed by atoms with van der Waals surface area (Å²) in [6, 6.07) is 0. The van der Waals surface area contributed by atoms with Gasteiger partial charge in [-0.05, 0) is 18.3 Å². The molecule has 0 aromatic carbocycles. The van der Waals surface area contributed by atoms with E-state index in [2.05, 4.69) is 0 Å². The number of ether oxygens (including phenoxy) is 1. The molecule has 0 aliphatic carbocycles. The van der Waals surface area contributed by atoms with Crippen molar-refractivity contribution in [2.75, 3.05) is 39.9 Å². The molecule has 0 bridgehead atoms. The van der Waals surface area contributed by atoms with Crippen LogP contribution in [0.1, 0.15) is 20.3 Å². The van der Waals surface area contributed by atoms with E-state index < -0.39 is 16.1 Å². The Balaban J connectivity index is 2.87. The number of nitrogens with two attached hydrogens (primary N) is 1. The molecule has 20 heavy (non-hydrogen) atoms. The van der Waals surface area contributed by atoms with Crippen LogP contribution < -0.4 is 5.73 Å². The van der Waals surface area contributed by atoms with E-state index in [0.717, 1.165) is 10.7 Å². The molecule has 0 radical (unpaired) electrons. The molecule has 1 heterocycles. The molecular formula is C12H25N3O4S. The summed E-state index contributed by atoms with van der Waals surface area (Å²) in [4.78, 5) is 11.1. The minimum atomic E-state index is -3.67. The van der Waals surface area contributed by atoms with Gasteiger partial charge < -0.3 is 10.5 Å². The number of methoxy groups -OCH3 is 1. The normalized spacial score (nSPS) is 25.0. The Hall–Kier alpha value is -0.700. The summed E-state index contributed by atoms with van der Waals surface area (Å²) < 4.78 is 32.7. The first-order chi connectivity index (χ1) is 9.27. The number of carbonyl (C=O) groups excluding carboxylic acids is 1. The highest BCUT2D eigenvalue weighted by Gasteiger charge is 2.35. The van der Waals surface area contributed by atoms with Crippen LogP contribution in [-0.2, 0) is 19.7 Å². The number of piperidine rings is 1. The molecule has 2 N–H and O–H groups in total. The quantitative estimate of drug-likeness (QED) is 0.695. The van der Waals surface area contributed by atoms with Crippen molar-refractivity contribution in [1.82, 2.24) is 8.61 Å². The molecule has 1 rings (SSSR count). The van der Waals surface area contributed by atoms with E-state index in [4.69, 9.17) is 10.5 Å². The molecule has 1 fully saturated rings. The second-order valence-corrected chi connectivity index (χ2v) is 7.49. The molecule has 1 saturated heterocycles. The fourth-order valence-electron chi connectivity index (χ4n) is 2.60. The minimum Gasteiger partial charge on any atom is -0.383 e. The first-order valence-electron chi connectivity index (χ1n) is 6.79. The van der Waals surface area contributed by atoms with Gasteiger partial charge in [-0.3, -0.25) is 4.79 Å². The third-order valence-corrected chi connectivity index (χ3v) is 5.28. The van der Waals surface area contributed by atoms with Gasteiger partial charge in [-0.2, -0.15) is 17.0 Å². The number of hydrogen-bond acceptors (Lipinski definition) is 4. The molecule has 7 nitrogen and oxygen atoms in total. The van der Waals surface area contributed by atoms with Gasteiger partial charge in [0.1, 0.15) is 0 Å². The zero-order valence-electron chi connectivity index (χ0n) is 12.4. The number of primary amides is 1. The Morgan fingerprint density at radius 1 is 1.35 bits per heavy atom. The second-order valence-electron chi connectivity index (χ2n) is 5.56. The lowest BCUT2D eigenvalue weighted by Crippen LogP contribution is -2.52. The van der Waals surface area contributed by atoms with E-state index in [9.17, 15) is 13.2 Å². The van der Waals surface area contributed by atoms with Crippen LogP contribution in [0.3, 0.4) is 0 Å². The lowest BCUT2D eigenvalue weighted by Gasteiger charge is -2.36. The second kappa shape index (κ2) is 7.35. The van der Waals surface area contributed by atoms with Gasteiger partial charge in [-0.25, -0.2) is 0 Å². The molecule has 2 atom stereocenters. The highest BCUT2D eigenvalue weighted by molar-refractivity contribution is 7.86. The molecule has 0 spiro atoms. The Morgan fingerprint density at radius 3 is 2.35 bits per heavy atom. The summed E-state index contributed by atoms with van der Waals surface area (Å²) in [5.41, 5.74) is 5.14. The predicted octanol–water partition coefficient (Wildman–Crippen LogP) is -0.357. The molecule has 0 aromatic rings. The Labute approximate surface area is 121 Å². The van der Waals surface area contributed by atoms with Crippen molar-refractivity contribution < 1.29 is 17.9 Å². The Kier molecular flexibility index (Phi) is 6.38. The highest BCUT2D eigenvalue weighted by atomic mass is 32.2. The van der Waals surface area contributed by atoms with Crippen molar-refractivity contribution in [3.63, 3.8) is 0 Å². The van der Waals surface area contributed by atoms with Crippen LogP contribution in [0.25, 0.3) is 0 Å². The van der Waals surface area contributed by atoms with Crippen molar-refractivity contribution in [2.24, 2.45) is 17.6 Å². The minimum absolute atomic E-state index is 0.126. The van der Waals surface area contributed by atoms with E-state index in [1.807, 2.05) is 13.8 Å². The maximum atomic E-state index is 12.6. The molecule has 8 heteroatoms. The first kappa shape index (κ1) is 17.4. The van der Waals surface area contributed by atoms with E-state index in [0.29, 0.717) is 24.9 Å². The van der Waals surface area contributed by atoms with Crippen LogP contribution in [0.5, 0.6) is 0 Å². The maximum Gasteiger partial charge on any atom is 0.282 e. The maximum absolute atomic E-state index is 12.6. The monoisotopic (exact) mass is 307 g/mol. The van der Waals surface area contributed by atoms with Crippen molar-refractivity contribution in [2.45, 2.75) is 20.3 Å². The largest absolute Gasteiger partial charge is 0.383 e. The van der Waals surface area contributed by atoms with Gasteiger partial charge in [0.15, 0.2) is 0 Å². The summed E-state index contributed by atoms with van der Waals surface area (Å²) in [7, 11) is -2.19. The molecule has 0 aromatic heterocycles. The molecule has 0 saturated carbocycles. The van der Waals surface area contributed by atoms with E-state index in [-0.39, 0.29) is 19.7 Å². The molecule has 1 aliphatic heterocycles. The third kappa shape index (κ3) is 4.69. The summed E-state index contributed by atoms with van der Waals surface area (Å²) >= 11 is 0. The van der Waals surface area contributed by atoms with Crippen LogP contribution in [0, 0.1) is 11.8 Å². The van der Waals surface area contributed by atoms with Crippen molar-refractivity contribution in [1.29, 1.82) is 0 Å². The molecule has 118 valence electrons. The number of rotatable bonds is 7.